The maximum atomic E-state index is 12.7. The highest BCUT2D eigenvalue weighted by Crippen LogP contribution is 2.24. The van der Waals surface area contributed by atoms with Gasteiger partial charge in [-0.2, -0.15) is 5.26 Å². The molecular formula is C26H28N6O. The van der Waals surface area contributed by atoms with Crippen LogP contribution in [-0.2, 0) is 17.8 Å². The molecule has 0 saturated carbocycles. The predicted octanol–water partition coefficient (Wildman–Crippen LogP) is 3.73. The minimum absolute atomic E-state index is 0.164. The van der Waals surface area contributed by atoms with Crippen LogP contribution in [0.5, 0.6) is 0 Å². The minimum Gasteiger partial charge on any atom is -0.404 e. The fourth-order valence-corrected chi connectivity index (χ4v) is 4.51. The Morgan fingerprint density at radius 2 is 2.03 bits per heavy atom. The second-order valence-electron chi connectivity index (χ2n) is 8.46. The fourth-order valence-electron chi connectivity index (χ4n) is 4.51. The van der Waals surface area contributed by atoms with E-state index in [0.29, 0.717) is 29.9 Å². The molecule has 33 heavy (non-hydrogen) atoms. The van der Waals surface area contributed by atoms with Crippen molar-refractivity contribution in [3.8, 4) is 6.07 Å². The van der Waals surface area contributed by atoms with Gasteiger partial charge in [0.25, 0.3) is 0 Å². The summed E-state index contributed by atoms with van der Waals surface area (Å²) >= 11 is 0. The van der Waals surface area contributed by atoms with Crippen molar-refractivity contribution < 1.29 is 4.79 Å². The van der Waals surface area contributed by atoms with E-state index in [1.165, 1.54) is 12.4 Å². The molecule has 7 nitrogen and oxygen atoms in total. The Morgan fingerprint density at radius 3 is 2.76 bits per heavy atom. The second kappa shape index (κ2) is 10.1. The SMILES string of the molecule is N#Cc1ccccc1CCC(=O)N1CCC(Cn2cnc3cc(/C(C=N)=C/N)ccc32)CC1. The molecule has 7 heteroatoms. The van der Waals surface area contributed by atoms with Gasteiger partial charge in [-0.25, -0.2) is 4.98 Å². The first-order chi connectivity index (χ1) is 16.1. The van der Waals surface area contributed by atoms with Crippen LogP contribution in [0.4, 0.5) is 0 Å². The van der Waals surface area contributed by atoms with Crippen LogP contribution in [0.2, 0.25) is 0 Å². The lowest BCUT2D eigenvalue weighted by Gasteiger charge is -2.32. The van der Waals surface area contributed by atoms with E-state index in [2.05, 4.69) is 15.6 Å². The van der Waals surface area contributed by atoms with E-state index in [4.69, 9.17) is 11.1 Å². The molecule has 0 spiro atoms. The zero-order valence-corrected chi connectivity index (χ0v) is 18.6. The number of nitrogens with one attached hydrogen (secondary N) is 1. The highest BCUT2D eigenvalue weighted by molar-refractivity contribution is 6.08. The van der Waals surface area contributed by atoms with Gasteiger partial charge in [-0.1, -0.05) is 24.3 Å². The van der Waals surface area contributed by atoms with Crippen LogP contribution >= 0.6 is 0 Å². The largest absolute Gasteiger partial charge is 0.404 e. The van der Waals surface area contributed by atoms with Crippen molar-refractivity contribution in [2.24, 2.45) is 11.7 Å². The van der Waals surface area contributed by atoms with Crippen molar-refractivity contribution in [3.05, 3.63) is 71.7 Å². The lowest BCUT2D eigenvalue weighted by Crippen LogP contribution is -2.39. The number of amides is 1. The Labute approximate surface area is 193 Å². The molecule has 2 heterocycles. The van der Waals surface area contributed by atoms with E-state index >= 15 is 0 Å². The molecule has 1 amide bonds. The number of likely N-dealkylation sites (tertiary alicyclic amines) is 1. The highest BCUT2D eigenvalue weighted by Gasteiger charge is 2.23. The lowest BCUT2D eigenvalue weighted by molar-refractivity contribution is -0.132. The molecule has 0 unspecified atom stereocenters. The van der Waals surface area contributed by atoms with Crippen LogP contribution in [-0.4, -0.2) is 39.7 Å². The van der Waals surface area contributed by atoms with E-state index < -0.39 is 0 Å². The van der Waals surface area contributed by atoms with Gasteiger partial charge in [0.1, 0.15) is 0 Å². The molecule has 0 radical (unpaired) electrons. The quantitative estimate of drug-likeness (QED) is 0.545. The summed E-state index contributed by atoms with van der Waals surface area (Å²) in [6.45, 7) is 2.41. The monoisotopic (exact) mass is 440 g/mol. The van der Waals surface area contributed by atoms with Crippen LogP contribution in [0.3, 0.4) is 0 Å². The molecule has 4 rings (SSSR count). The Bertz CT molecular complexity index is 1230. The van der Waals surface area contributed by atoms with Crippen LogP contribution in [0.25, 0.3) is 16.6 Å². The molecule has 1 fully saturated rings. The van der Waals surface area contributed by atoms with Gasteiger partial charge in [0.05, 0.1) is 29.0 Å². The van der Waals surface area contributed by atoms with Crippen LogP contribution in [0, 0.1) is 22.7 Å². The number of fused-ring (bicyclic) bond motifs is 1. The molecule has 3 N–H and O–H groups in total. The van der Waals surface area contributed by atoms with E-state index in [1.54, 1.807) is 6.07 Å². The van der Waals surface area contributed by atoms with Crippen molar-refractivity contribution in [1.29, 1.82) is 10.7 Å². The van der Waals surface area contributed by atoms with E-state index in [9.17, 15) is 10.1 Å². The molecule has 1 aromatic heterocycles. The summed E-state index contributed by atoms with van der Waals surface area (Å²) in [5.41, 5.74) is 10.7. The molecule has 0 atom stereocenters. The number of imidazole rings is 1. The Kier molecular flexibility index (Phi) is 6.84. The standard InChI is InChI=1S/C26H28N6O/c27-14-22-4-2-1-3-20(22)6-8-26(33)31-11-9-19(10-12-31)17-32-18-30-24-13-21(5-7-25(24)32)23(15-28)16-29/h1-5,7,13,15-16,18-19,28H,6,8-12,17,29H2/b23-16+,28-15?. The summed E-state index contributed by atoms with van der Waals surface area (Å²) in [5.74, 6) is 0.656. The van der Waals surface area contributed by atoms with Gasteiger partial charge in [0.15, 0.2) is 0 Å². The van der Waals surface area contributed by atoms with Crippen molar-refractivity contribution in [2.75, 3.05) is 13.1 Å². The smallest absolute Gasteiger partial charge is 0.222 e. The molecule has 0 aliphatic carbocycles. The normalized spacial score (nSPS) is 14.9. The van der Waals surface area contributed by atoms with E-state index in [0.717, 1.165) is 54.6 Å². The van der Waals surface area contributed by atoms with Gasteiger partial charge in [-0.15, -0.1) is 0 Å². The molecule has 1 saturated heterocycles. The zero-order valence-electron chi connectivity index (χ0n) is 18.6. The number of aromatic nitrogens is 2. The highest BCUT2D eigenvalue weighted by atomic mass is 16.2. The van der Waals surface area contributed by atoms with Gasteiger partial charge in [0, 0.05) is 44.0 Å². The first-order valence-corrected chi connectivity index (χ1v) is 11.3. The van der Waals surface area contributed by atoms with Gasteiger partial charge in [0.2, 0.25) is 5.91 Å². The maximum Gasteiger partial charge on any atom is 0.222 e. The predicted molar refractivity (Wildman–Crippen MR) is 129 cm³/mol. The number of aryl methyl sites for hydroxylation is 1. The fraction of sp³-hybridized carbons (Fsp3) is 0.308. The van der Waals surface area contributed by atoms with Gasteiger partial charge >= 0.3 is 0 Å². The number of carbonyl (C=O) groups is 1. The van der Waals surface area contributed by atoms with Crippen molar-refractivity contribution in [2.45, 2.75) is 32.2 Å². The molecule has 1 aliphatic rings. The summed E-state index contributed by atoms with van der Waals surface area (Å²) < 4.78 is 2.18. The number of nitrogens with two attached hydrogens (primary N) is 1. The van der Waals surface area contributed by atoms with Crippen molar-refractivity contribution >= 4 is 28.7 Å². The number of benzene rings is 2. The van der Waals surface area contributed by atoms with Crippen molar-refractivity contribution in [3.63, 3.8) is 0 Å². The van der Waals surface area contributed by atoms with Crippen molar-refractivity contribution in [1.82, 2.24) is 14.5 Å². The Balaban J connectivity index is 1.32. The summed E-state index contributed by atoms with van der Waals surface area (Å²) in [6.07, 6.45) is 7.52. The Hall–Kier alpha value is -3.92. The summed E-state index contributed by atoms with van der Waals surface area (Å²) in [7, 11) is 0. The number of carbonyl (C=O) groups excluding carboxylic acids is 1. The van der Waals surface area contributed by atoms with Crippen LogP contribution in [0.1, 0.15) is 36.0 Å². The molecule has 3 aromatic rings. The average molecular weight is 441 g/mol. The third kappa shape index (κ3) is 4.96. The number of piperidine rings is 1. The third-order valence-corrected chi connectivity index (χ3v) is 6.46. The molecule has 0 bridgehead atoms. The Morgan fingerprint density at radius 1 is 1.24 bits per heavy atom. The number of hydrogen-bond acceptors (Lipinski definition) is 5. The summed E-state index contributed by atoms with van der Waals surface area (Å²) in [6, 6.07) is 15.6. The minimum atomic E-state index is 0.164. The number of hydrogen-bond donors (Lipinski definition) is 2. The summed E-state index contributed by atoms with van der Waals surface area (Å²) in [5, 5.41) is 16.7. The van der Waals surface area contributed by atoms with Gasteiger partial charge < -0.3 is 20.6 Å². The number of nitriles is 1. The summed E-state index contributed by atoms with van der Waals surface area (Å²) in [4.78, 5) is 19.2. The second-order valence-corrected chi connectivity index (χ2v) is 8.46. The number of nitrogens with zero attached hydrogens (tertiary/aromatic N) is 4. The zero-order chi connectivity index (χ0) is 23.2. The first kappa shape index (κ1) is 22.3. The molecule has 2 aromatic carbocycles. The van der Waals surface area contributed by atoms with Crippen LogP contribution < -0.4 is 5.73 Å². The van der Waals surface area contributed by atoms with E-state index in [-0.39, 0.29) is 5.91 Å². The maximum absolute atomic E-state index is 12.7. The van der Waals surface area contributed by atoms with Gasteiger partial charge in [-0.3, -0.25) is 4.79 Å². The topological polar surface area (TPSA) is 112 Å². The van der Waals surface area contributed by atoms with E-state index in [1.807, 2.05) is 47.6 Å². The number of allylic oxidation sites excluding steroid dienone is 1. The average Bonchev–Trinajstić information content (AvgIpc) is 3.26. The third-order valence-electron chi connectivity index (χ3n) is 6.46. The molecule has 1 aliphatic heterocycles. The molecule has 168 valence electrons. The number of rotatable bonds is 7. The van der Waals surface area contributed by atoms with Gasteiger partial charge in [-0.05, 0) is 54.5 Å². The molecular weight excluding hydrogens is 412 g/mol. The van der Waals surface area contributed by atoms with Crippen LogP contribution in [0.15, 0.2) is 55.0 Å². The lowest BCUT2D eigenvalue weighted by atomic mass is 9.96. The first-order valence-electron chi connectivity index (χ1n) is 11.3.